The fraction of sp³-hybridized carbons (Fsp3) is 0.500. The summed E-state index contributed by atoms with van der Waals surface area (Å²) in [5.74, 6) is -0.601. The Morgan fingerprint density at radius 1 is 1.33 bits per heavy atom. The number of rotatable bonds is 6. The molecule has 1 aromatic rings. The molecule has 1 aromatic heterocycles. The van der Waals surface area contributed by atoms with Crippen LogP contribution in [0.3, 0.4) is 0 Å². The summed E-state index contributed by atoms with van der Waals surface area (Å²) < 4.78 is 4.84. The lowest BCUT2D eigenvalue weighted by atomic mass is 10.1. The number of hydrogen-bond acceptors (Lipinski definition) is 4. The van der Waals surface area contributed by atoms with Crippen LogP contribution in [0.4, 0.5) is 5.00 Å². The molecule has 116 valence electrons. The Labute approximate surface area is 130 Å². The minimum atomic E-state index is -0.402. The fourth-order valence-corrected chi connectivity index (χ4v) is 3.38. The predicted octanol–water partition coefficient (Wildman–Crippen LogP) is 4.09. The maximum Gasteiger partial charge on any atom is 0.341 e. The lowest BCUT2D eigenvalue weighted by Gasteiger charge is -2.06. The number of aryl methyl sites for hydroxylation is 1. The van der Waals surface area contributed by atoms with Gasteiger partial charge in [-0.05, 0) is 32.3 Å². The van der Waals surface area contributed by atoms with E-state index < -0.39 is 5.97 Å². The third-order valence-corrected chi connectivity index (χ3v) is 4.27. The summed E-state index contributed by atoms with van der Waals surface area (Å²) in [6.45, 7) is 7.93. The van der Waals surface area contributed by atoms with Crippen molar-refractivity contribution >= 4 is 28.2 Å². The molecule has 0 spiro atoms. The smallest absolute Gasteiger partial charge is 0.341 e. The second-order valence-electron chi connectivity index (χ2n) is 4.92. The van der Waals surface area contributed by atoms with Crippen LogP contribution in [0.2, 0.25) is 0 Å². The van der Waals surface area contributed by atoms with Crippen LogP contribution >= 0.6 is 11.3 Å². The van der Waals surface area contributed by atoms with Gasteiger partial charge in [-0.25, -0.2) is 4.79 Å². The molecular formula is C16H23NO3S. The number of nitrogens with one attached hydrogen (secondary N) is 1. The third-order valence-electron chi connectivity index (χ3n) is 3.21. The van der Waals surface area contributed by atoms with Crippen molar-refractivity contribution in [2.24, 2.45) is 0 Å². The largest absolute Gasteiger partial charge is 0.465 e. The van der Waals surface area contributed by atoms with E-state index in [4.69, 9.17) is 4.74 Å². The first-order valence-electron chi connectivity index (χ1n) is 7.13. The monoisotopic (exact) mass is 309 g/mol. The molecule has 1 rings (SSSR count). The highest BCUT2D eigenvalue weighted by Crippen LogP contribution is 2.34. The van der Waals surface area contributed by atoms with Gasteiger partial charge in [0.2, 0.25) is 5.91 Å². The fourth-order valence-electron chi connectivity index (χ4n) is 2.25. The number of ether oxygens (including phenoxy) is 1. The van der Waals surface area contributed by atoms with Gasteiger partial charge in [0, 0.05) is 11.0 Å². The Bertz CT molecular complexity index is 558. The number of amides is 1. The van der Waals surface area contributed by atoms with Crippen LogP contribution in [0.25, 0.3) is 0 Å². The summed E-state index contributed by atoms with van der Waals surface area (Å²) in [4.78, 5) is 25.0. The van der Waals surface area contributed by atoms with Crippen molar-refractivity contribution in [3.63, 3.8) is 0 Å². The summed E-state index contributed by atoms with van der Waals surface area (Å²) >= 11 is 1.42. The van der Waals surface area contributed by atoms with Crippen LogP contribution in [0.15, 0.2) is 11.6 Å². The average Bonchev–Trinajstić information content (AvgIpc) is 2.73. The number of thiophene rings is 1. The first kappa shape index (κ1) is 17.4. The molecule has 0 saturated heterocycles. The van der Waals surface area contributed by atoms with E-state index in [1.165, 1.54) is 18.4 Å². The van der Waals surface area contributed by atoms with Crippen LogP contribution < -0.4 is 5.32 Å². The van der Waals surface area contributed by atoms with E-state index in [-0.39, 0.29) is 5.91 Å². The quantitative estimate of drug-likeness (QED) is 0.636. The highest BCUT2D eigenvalue weighted by Gasteiger charge is 2.22. The lowest BCUT2D eigenvalue weighted by Crippen LogP contribution is -2.12. The summed E-state index contributed by atoms with van der Waals surface area (Å²) in [5.41, 5.74) is 2.45. The molecule has 0 radical (unpaired) electrons. The van der Waals surface area contributed by atoms with Crippen LogP contribution in [0, 0.1) is 6.92 Å². The molecule has 0 aliphatic heterocycles. The second-order valence-corrected chi connectivity index (χ2v) is 6.14. The maximum absolute atomic E-state index is 12.0. The maximum atomic E-state index is 12.0. The molecular weight excluding hydrogens is 286 g/mol. The van der Waals surface area contributed by atoms with E-state index in [0.29, 0.717) is 10.6 Å². The van der Waals surface area contributed by atoms with Crippen molar-refractivity contribution in [2.45, 2.75) is 47.0 Å². The normalized spacial score (nSPS) is 11.4. The molecule has 0 aliphatic carbocycles. The topological polar surface area (TPSA) is 55.4 Å². The molecule has 0 bridgehead atoms. The first-order chi connectivity index (χ1) is 9.94. The van der Waals surface area contributed by atoms with Gasteiger partial charge in [-0.15, -0.1) is 11.3 Å². The molecule has 1 N–H and O–H groups in total. The number of carbonyl (C=O) groups excluding carboxylic acids is 2. The van der Waals surface area contributed by atoms with Crippen LogP contribution in [0.5, 0.6) is 0 Å². The van der Waals surface area contributed by atoms with Gasteiger partial charge in [0.15, 0.2) is 0 Å². The Morgan fingerprint density at radius 3 is 2.52 bits per heavy atom. The zero-order valence-electron chi connectivity index (χ0n) is 13.3. The molecule has 4 nitrogen and oxygen atoms in total. The first-order valence-corrected chi connectivity index (χ1v) is 7.94. The van der Waals surface area contributed by atoms with Gasteiger partial charge in [0.05, 0.1) is 12.7 Å². The Balaban J connectivity index is 3.06. The van der Waals surface area contributed by atoms with Crippen molar-refractivity contribution in [1.29, 1.82) is 0 Å². The van der Waals surface area contributed by atoms with Crippen molar-refractivity contribution in [2.75, 3.05) is 12.4 Å². The van der Waals surface area contributed by atoms with Gasteiger partial charge in [0.25, 0.3) is 0 Å². The van der Waals surface area contributed by atoms with Gasteiger partial charge in [0.1, 0.15) is 5.00 Å². The minimum Gasteiger partial charge on any atom is -0.465 e. The van der Waals surface area contributed by atoms with Crippen molar-refractivity contribution in [3.05, 3.63) is 27.7 Å². The van der Waals surface area contributed by atoms with Crippen LogP contribution in [-0.4, -0.2) is 19.0 Å². The summed E-state index contributed by atoms with van der Waals surface area (Å²) in [6.07, 6.45) is 4.21. The number of hydrogen-bond donors (Lipinski definition) is 1. The number of anilines is 1. The SMILES string of the molecule is CCC/C(C)=C/C(=O)Nc1sc(C)c(CC)c1C(=O)OC. The Kier molecular flexibility index (Phi) is 6.62. The van der Waals surface area contributed by atoms with E-state index in [1.807, 2.05) is 20.8 Å². The highest BCUT2D eigenvalue weighted by molar-refractivity contribution is 7.16. The Hall–Kier alpha value is -1.62. The lowest BCUT2D eigenvalue weighted by molar-refractivity contribution is -0.111. The molecule has 5 heteroatoms. The number of allylic oxidation sites excluding steroid dienone is 1. The second kappa shape index (κ2) is 7.98. The highest BCUT2D eigenvalue weighted by atomic mass is 32.1. The van der Waals surface area contributed by atoms with E-state index in [1.54, 1.807) is 6.08 Å². The molecule has 0 aliphatic rings. The van der Waals surface area contributed by atoms with Crippen LogP contribution in [0.1, 0.15) is 54.4 Å². The van der Waals surface area contributed by atoms with Gasteiger partial charge in [-0.1, -0.05) is 25.8 Å². The minimum absolute atomic E-state index is 0.199. The zero-order chi connectivity index (χ0) is 16.0. The van der Waals surface area contributed by atoms with E-state index in [2.05, 4.69) is 12.2 Å². The summed E-state index contributed by atoms with van der Waals surface area (Å²) in [7, 11) is 1.35. The number of methoxy groups -OCH3 is 1. The standard InChI is InChI=1S/C16H23NO3S/c1-6-8-10(3)9-13(18)17-15-14(16(19)20-5)12(7-2)11(4)21-15/h9H,6-8H2,1-5H3,(H,17,18)/b10-9+. The van der Waals surface area contributed by atoms with Gasteiger partial charge >= 0.3 is 5.97 Å². The molecule has 0 aromatic carbocycles. The Morgan fingerprint density at radius 2 is 2.00 bits per heavy atom. The molecule has 0 atom stereocenters. The number of esters is 1. The van der Waals surface area contributed by atoms with Gasteiger partial charge in [-0.2, -0.15) is 0 Å². The number of carbonyl (C=O) groups is 2. The van der Waals surface area contributed by atoms with E-state index in [9.17, 15) is 9.59 Å². The predicted molar refractivity (Wildman–Crippen MR) is 87.1 cm³/mol. The third kappa shape index (κ3) is 4.43. The average molecular weight is 309 g/mol. The molecule has 0 saturated carbocycles. The molecule has 1 heterocycles. The zero-order valence-corrected chi connectivity index (χ0v) is 14.1. The van der Waals surface area contributed by atoms with Crippen molar-refractivity contribution in [1.82, 2.24) is 0 Å². The molecule has 0 unspecified atom stereocenters. The van der Waals surface area contributed by atoms with Gasteiger partial charge in [-0.3, -0.25) is 4.79 Å². The summed E-state index contributed by atoms with van der Waals surface area (Å²) in [6, 6.07) is 0. The van der Waals surface area contributed by atoms with Crippen molar-refractivity contribution in [3.8, 4) is 0 Å². The van der Waals surface area contributed by atoms with E-state index in [0.717, 1.165) is 35.3 Å². The molecule has 21 heavy (non-hydrogen) atoms. The van der Waals surface area contributed by atoms with Crippen LogP contribution in [-0.2, 0) is 16.0 Å². The summed E-state index contributed by atoms with van der Waals surface area (Å²) in [5, 5.41) is 3.38. The van der Waals surface area contributed by atoms with Gasteiger partial charge < -0.3 is 10.1 Å². The molecule has 1 amide bonds. The van der Waals surface area contributed by atoms with E-state index >= 15 is 0 Å². The van der Waals surface area contributed by atoms with Crippen molar-refractivity contribution < 1.29 is 14.3 Å². The molecule has 0 fully saturated rings.